The summed E-state index contributed by atoms with van der Waals surface area (Å²) in [5, 5.41) is 10.3. The van der Waals surface area contributed by atoms with Crippen LogP contribution in [0.2, 0.25) is 0 Å². The monoisotopic (exact) mass is 347 g/mol. The summed E-state index contributed by atoms with van der Waals surface area (Å²) in [6, 6.07) is 7.41. The molecule has 0 aliphatic carbocycles. The molecule has 0 radical (unpaired) electrons. The van der Waals surface area contributed by atoms with Gasteiger partial charge in [-0.3, -0.25) is 14.3 Å². The van der Waals surface area contributed by atoms with E-state index in [9.17, 15) is 9.59 Å². The van der Waals surface area contributed by atoms with Gasteiger partial charge in [0.15, 0.2) is 12.6 Å². The van der Waals surface area contributed by atoms with Crippen molar-refractivity contribution < 1.29 is 9.59 Å². The number of carbonyl (C=O) groups is 2. The number of rotatable bonds is 5. The lowest BCUT2D eigenvalue weighted by atomic mass is 10.3. The van der Waals surface area contributed by atoms with Gasteiger partial charge >= 0.3 is 0 Å². The van der Waals surface area contributed by atoms with Crippen LogP contribution in [-0.4, -0.2) is 47.5 Å². The number of hydrogen-bond donors (Lipinski definition) is 2. The molecule has 0 aliphatic heterocycles. The van der Waals surface area contributed by atoms with E-state index in [1.165, 1.54) is 5.69 Å². The minimum absolute atomic E-state index is 0.282. The molecule has 0 atom stereocenters. The summed E-state index contributed by atoms with van der Waals surface area (Å²) in [4.78, 5) is 23.9. The lowest BCUT2D eigenvalue weighted by Gasteiger charge is -1.95. The van der Waals surface area contributed by atoms with Crippen molar-refractivity contribution in [2.24, 2.45) is 7.05 Å². The van der Waals surface area contributed by atoms with Gasteiger partial charge in [-0.2, -0.15) is 5.10 Å². The molecule has 2 aromatic heterocycles. The normalized spacial score (nSPS) is 9.56. The van der Waals surface area contributed by atoms with Crippen LogP contribution in [0.4, 0.5) is 0 Å². The zero-order chi connectivity index (χ0) is 19.2. The SMILES string of the molecule is CNC(C)C.CNCc1cc(C)n(C)n1.O=Cc1cccc(C=O)n1. The second kappa shape index (κ2) is 13.0. The molecule has 2 heterocycles. The van der Waals surface area contributed by atoms with Crippen molar-refractivity contribution in [2.45, 2.75) is 33.4 Å². The fourth-order valence-electron chi connectivity index (χ4n) is 1.50. The van der Waals surface area contributed by atoms with E-state index in [1.54, 1.807) is 18.2 Å². The van der Waals surface area contributed by atoms with E-state index in [-0.39, 0.29) is 11.4 Å². The van der Waals surface area contributed by atoms with Crippen LogP contribution in [0, 0.1) is 6.92 Å². The Morgan fingerprint density at radius 3 is 2.00 bits per heavy atom. The number of nitrogens with zero attached hydrogens (tertiary/aromatic N) is 3. The minimum atomic E-state index is 0.282. The number of carbonyl (C=O) groups excluding carboxylic acids is 2. The maximum Gasteiger partial charge on any atom is 0.168 e. The molecule has 7 heteroatoms. The van der Waals surface area contributed by atoms with E-state index in [0.29, 0.717) is 18.6 Å². The molecule has 0 amide bonds. The fourth-order valence-corrected chi connectivity index (χ4v) is 1.50. The van der Waals surface area contributed by atoms with Gasteiger partial charge in [-0.05, 0) is 39.2 Å². The second-order valence-electron chi connectivity index (χ2n) is 5.60. The standard InChI is InChI=1S/C7H13N3.C7H5NO2.C4H11N/c1-6-4-7(5-8-2)9-10(6)3;9-4-6-2-1-3-7(5-10)8-6;1-4(2)5-3/h4,8H,5H2,1-3H3;1-5H;4-5H,1-3H3. The Hall–Kier alpha value is -2.38. The van der Waals surface area contributed by atoms with E-state index in [1.807, 2.05) is 32.7 Å². The molecule has 0 fully saturated rings. The molecule has 2 aromatic rings. The number of hydrogen-bond acceptors (Lipinski definition) is 6. The highest BCUT2D eigenvalue weighted by Gasteiger charge is 1.97. The van der Waals surface area contributed by atoms with Crippen molar-refractivity contribution in [3.8, 4) is 0 Å². The number of aldehydes is 2. The van der Waals surface area contributed by atoms with Gasteiger partial charge < -0.3 is 10.6 Å². The first-order valence-corrected chi connectivity index (χ1v) is 8.06. The Morgan fingerprint density at radius 2 is 1.68 bits per heavy atom. The van der Waals surface area contributed by atoms with Gasteiger partial charge in [-0.15, -0.1) is 0 Å². The van der Waals surface area contributed by atoms with Gasteiger partial charge in [0, 0.05) is 25.3 Å². The quantitative estimate of drug-likeness (QED) is 0.801. The fraction of sp³-hybridized carbons (Fsp3) is 0.444. The molecule has 138 valence electrons. The van der Waals surface area contributed by atoms with Crippen molar-refractivity contribution >= 4 is 12.6 Å². The number of pyridine rings is 1. The Labute approximate surface area is 149 Å². The first-order chi connectivity index (χ1) is 11.9. The molecule has 2 rings (SSSR count). The van der Waals surface area contributed by atoms with Crippen molar-refractivity contribution in [3.05, 3.63) is 47.0 Å². The van der Waals surface area contributed by atoms with Crippen LogP contribution in [-0.2, 0) is 13.6 Å². The second-order valence-corrected chi connectivity index (χ2v) is 5.60. The van der Waals surface area contributed by atoms with Gasteiger partial charge in [0.2, 0.25) is 0 Å². The molecule has 0 saturated heterocycles. The molecule has 0 aliphatic rings. The smallest absolute Gasteiger partial charge is 0.168 e. The summed E-state index contributed by atoms with van der Waals surface area (Å²) in [5.41, 5.74) is 2.86. The topological polar surface area (TPSA) is 88.9 Å². The summed E-state index contributed by atoms with van der Waals surface area (Å²) in [7, 11) is 5.82. The van der Waals surface area contributed by atoms with Crippen LogP contribution < -0.4 is 10.6 Å². The average molecular weight is 347 g/mol. The summed E-state index contributed by atoms with van der Waals surface area (Å²) < 4.78 is 1.88. The molecule has 25 heavy (non-hydrogen) atoms. The highest BCUT2D eigenvalue weighted by Crippen LogP contribution is 1.99. The highest BCUT2D eigenvalue weighted by molar-refractivity contribution is 5.76. The molecule has 2 N–H and O–H groups in total. The van der Waals surface area contributed by atoms with Gasteiger partial charge in [0.05, 0.1) is 5.69 Å². The maximum atomic E-state index is 10.1. The zero-order valence-corrected chi connectivity index (χ0v) is 15.9. The van der Waals surface area contributed by atoms with E-state index in [0.717, 1.165) is 12.2 Å². The molecular formula is C18H29N5O2. The number of aromatic nitrogens is 3. The summed E-state index contributed by atoms with van der Waals surface area (Å²) in [6.45, 7) is 7.12. The first-order valence-electron chi connectivity index (χ1n) is 8.06. The van der Waals surface area contributed by atoms with Crippen LogP contribution >= 0.6 is 0 Å². The van der Waals surface area contributed by atoms with Crippen LogP contribution in [0.25, 0.3) is 0 Å². The van der Waals surface area contributed by atoms with E-state index in [2.05, 4.69) is 40.6 Å². The molecule has 0 saturated carbocycles. The van der Waals surface area contributed by atoms with Crippen molar-refractivity contribution in [2.75, 3.05) is 14.1 Å². The number of aryl methyl sites for hydroxylation is 2. The highest BCUT2D eigenvalue weighted by atomic mass is 16.1. The lowest BCUT2D eigenvalue weighted by molar-refractivity contribution is 0.111. The lowest BCUT2D eigenvalue weighted by Crippen LogP contribution is -2.15. The van der Waals surface area contributed by atoms with E-state index >= 15 is 0 Å². The Kier molecular flexibility index (Phi) is 11.7. The molecular weight excluding hydrogens is 318 g/mol. The summed E-state index contributed by atoms with van der Waals surface area (Å²) >= 11 is 0. The van der Waals surface area contributed by atoms with Crippen LogP contribution in [0.3, 0.4) is 0 Å². The van der Waals surface area contributed by atoms with Gasteiger partial charge in [0.1, 0.15) is 11.4 Å². The third-order valence-corrected chi connectivity index (χ3v) is 3.13. The molecule has 0 aromatic carbocycles. The maximum absolute atomic E-state index is 10.1. The minimum Gasteiger partial charge on any atom is -0.318 e. The average Bonchev–Trinajstić information content (AvgIpc) is 2.94. The largest absolute Gasteiger partial charge is 0.318 e. The van der Waals surface area contributed by atoms with Gasteiger partial charge in [0.25, 0.3) is 0 Å². The van der Waals surface area contributed by atoms with Crippen LogP contribution in [0.5, 0.6) is 0 Å². The third kappa shape index (κ3) is 10.2. The van der Waals surface area contributed by atoms with E-state index in [4.69, 9.17) is 0 Å². The summed E-state index contributed by atoms with van der Waals surface area (Å²) in [6.07, 6.45) is 1.21. The Bertz CT molecular complexity index is 595. The Morgan fingerprint density at radius 1 is 1.16 bits per heavy atom. The van der Waals surface area contributed by atoms with Gasteiger partial charge in [-0.25, -0.2) is 4.98 Å². The van der Waals surface area contributed by atoms with Gasteiger partial charge in [-0.1, -0.05) is 19.9 Å². The van der Waals surface area contributed by atoms with Crippen LogP contribution in [0.15, 0.2) is 24.3 Å². The molecule has 0 bridgehead atoms. The first kappa shape index (κ1) is 22.6. The summed E-state index contributed by atoms with van der Waals surface area (Å²) in [5.74, 6) is 0. The number of nitrogens with one attached hydrogen (secondary N) is 2. The Balaban J connectivity index is 0.000000368. The van der Waals surface area contributed by atoms with Crippen molar-refractivity contribution in [3.63, 3.8) is 0 Å². The molecule has 0 unspecified atom stereocenters. The molecule has 0 spiro atoms. The van der Waals surface area contributed by atoms with Crippen LogP contribution in [0.1, 0.15) is 46.2 Å². The molecule has 7 nitrogen and oxygen atoms in total. The van der Waals surface area contributed by atoms with E-state index < -0.39 is 0 Å². The van der Waals surface area contributed by atoms with Crippen molar-refractivity contribution in [1.82, 2.24) is 25.4 Å². The van der Waals surface area contributed by atoms with Crippen molar-refractivity contribution in [1.29, 1.82) is 0 Å². The zero-order valence-electron chi connectivity index (χ0n) is 15.9. The predicted molar refractivity (Wildman–Crippen MR) is 99.9 cm³/mol. The third-order valence-electron chi connectivity index (χ3n) is 3.13. The predicted octanol–water partition coefficient (Wildman–Crippen LogP) is 1.77.